The molecule has 1 aliphatic heterocycles. The Labute approximate surface area is 127 Å². The van der Waals surface area contributed by atoms with Gasteiger partial charge in [-0.25, -0.2) is 8.42 Å². The Morgan fingerprint density at radius 3 is 2.76 bits per heavy atom. The number of nitrogens with zero attached hydrogens (tertiary/aromatic N) is 1. The molecular formula is C14H26N2O4S. The van der Waals surface area contributed by atoms with Gasteiger partial charge in [0.05, 0.1) is 18.1 Å². The van der Waals surface area contributed by atoms with Crippen LogP contribution in [0.25, 0.3) is 0 Å². The summed E-state index contributed by atoms with van der Waals surface area (Å²) >= 11 is 0. The highest BCUT2D eigenvalue weighted by molar-refractivity contribution is 7.91. The average molecular weight is 318 g/mol. The first kappa shape index (κ1) is 16.7. The highest BCUT2D eigenvalue weighted by Crippen LogP contribution is 2.35. The zero-order valence-electron chi connectivity index (χ0n) is 13.1. The number of esters is 1. The fourth-order valence-corrected chi connectivity index (χ4v) is 5.22. The van der Waals surface area contributed by atoms with Crippen molar-refractivity contribution in [2.75, 3.05) is 31.7 Å². The molecule has 2 aliphatic rings. The molecule has 2 rings (SSSR count). The predicted molar refractivity (Wildman–Crippen MR) is 80.9 cm³/mol. The molecule has 0 aromatic heterocycles. The van der Waals surface area contributed by atoms with Gasteiger partial charge in [-0.3, -0.25) is 9.69 Å². The Kier molecular flexibility index (Phi) is 4.95. The summed E-state index contributed by atoms with van der Waals surface area (Å²) in [5.74, 6) is 0.252. The number of hydrogen-bond donors (Lipinski definition) is 1. The van der Waals surface area contributed by atoms with Crippen molar-refractivity contribution in [1.29, 1.82) is 0 Å². The van der Waals surface area contributed by atoms with Gasteiger partial charge in [0.1, 0.15) is 5.54 Å². The van der Waals surface area contributed by atoms with Gasteiger partial charge < -0.3 is 10.1 Å². The van der Waals surface area contributed by atoms with Gasteiger partial charge in [0.25, 0.3) is 0 Å². The molecule has 21 heavy (non-hydrogen) atoms. The number of carbonyl (C=O) groups excluding carboxylic acids is 1. The first-order valence-electron chi connectivity index (χ1n) is 7.66. The summed E-state index contributed by atoms with van der Waals surface area (Å²) in [4.78, 5) is 14.5. The van der Waals surface area contributed by atoms with E-state index in [-0.39, 0.29) is 29.6 Å². The average Bonchev–Trinajstić information content (AvgIpc) is 2.83. The van der Waals surface area contributed by atoms with Gasteiger partial charge in [0.15, 0.2) is 9.84 Å². The van der Waals surface area contributed by atoms with Gasteiger partial charge in [-0.2, -0.15) is 0 Å². The van der Waals surface area contributed by atoms with E-state index in [0.29, 0.717) is 19.6 Å². The molecular weight excluding hydrogens is 292 g/mol. The molecule has 0 amide bonds. The van der Waals surface area contributed by atoms with Crippen LogP contribution in [0.4, 0.5) is 0 Å². The molecule has 0 spiro atoms. The Hall–Kier alpha value is -0.660. The Morgan fingerprint density at radius 1 is 1.48 bits per heavy atom. The lowest BCUT2D eigenvalue weighted by atomic mass is 9.97. The standard InChI is InChI=1S/C14H26N2O4S/c1-4-20-13(17)14(15-3)6-5-12(9-14)16-7-8-21(18,19)10-11(16)2/h11-12,15H,4-10H2,1-3H3. The highest BCUT2D eigenvalue weighted by Gasteiger charge is 2.48. The van der Waals surface area contributed by atoms with Crippen LogP contribution >= 0.6 is 0 Å². The van der Waals surface area contributed by atoms with Gasteiger partial charge in [0, 0.05) is 18.6 Å². The van der Waals surface area contributed by atoms with Crippen LogP contribution in [-0.2, 0) is 19.4 Å². The fraction of sp³-hybridized carbons (Fsp3) is 0.929. The van der Waals surface area contributed by atoms with E-state index in [4.69, 9.17) is 4.74 Å². The van der Waals surface area contributed by atoms with E-state index in [9.17, 15) is 13.2 Å². The Balaban J connectivity index is 2.06. The third-order valence-corrected chi connectivity index (χ3v) is 6.62. The maximum atomic E-state index is 12.2. The van der Waals surface area contributed by atoms with E-state index in [1.807, 2.05) is 13.8 Å². The van der Waals surface area contributed by atoms with Crippen molar-refractivity contribution in [3.63, 3.8) is 0 Å². The number of carbonyl (C=O) groups is 1. The van der Waals surface area contributed by atoms with Crippen LogP contribution in [-0.4, -0.2) is 68.6 Å². The van der Waals surface area contributed by atoms with Crippen LogP contribution in [0.1, 0.15) is 33.1 Å². The van der Waals surface area contributed by atoms with Gasteiger partial charge in [-0.15, -0.1) is 0 Å². The van der Waals surface area contributed by atoms with Gasteiger partial charge in [0.2, 0.25) is 0 Å². The molecule has 1 heterocycles. The molecule has 1 aliphatic carbocycles. The third kappa shape index (κ3) is 3.40. The van der Waals surface area contributed by atoms with Crippen molar-refractivity contribution >= 4 is 15.8 Å². The predicted octanol–water partition coefficient (Wildman–Crippen LogP) is 0.179. The minimum atomic E-state index is -2.90. The molecule has 1 saturated carbocycles. The van der Waals surface area contributed by atoms with Crippen molar-refractivity contribution in [2.24, 2.45) is 0 Å². The Morgan fingerprint density at radius 2 is 2.19 bits per heavy atom. The largest absolute Gasteiger partial charge is 0.465 e. The SMILES string of the molecule is CCOC(=O)C1(NC)CCC(N2CCS(=O)(=O)CC2C)C1. The number of rotatable bonds is 4. The third-order valence-electron chi connectivity index (χ3n) is 4.82. The lowest BCUT2D eigenvalue weighted by molar-refractivity contribution is -0.151. The van der Waals surface area contributed by atoms with Crippen LogP contribution in [0.15, 0.2) is 0 Å². The number of nitrogens with one attached hydrogen (secondary N) is 1. The van der Waals surface area contributed by atoms with Crippen LogP contribution < -0.4 is 5.32 Å². The lowest BCUT2D eigenvalue weighted by Gasteiger charge is -2.38. The lowest BCUT2D eigenvalue weighted by Crippen LogP contribution is -2.54. The molecule has 122 valence electrons. The zero-order chi connectivity index (χ0) is 15.7. The Bertz CT molecular complexity index is 493. The second-order valence-corrected chi connectivity index (χ2v) is 8.38. The molecule has 0 aromatic rings. The van der Waals surface area contributed by atoms with E-state index < -0.39 is 15.4 Å². The first-order valence-corrected chi connectivity index (χ1v) is 9.48. The van der Waals surface area contributed by atoms with E-state index in [2.05, 4.69) is 10.2 Å². The highest BCUT2D eigenvalue weighted by atomic mass is 32.2. The minimum Gasteiger partial charge on any atom is -0.465 e. The van der Waals surface area contributed by atoms with E-state index >= 15 is 0 Å². The van der Waals surface area contributed by atoms with E-state index in [0.717, 1.165) is 12.8 Å². The number of likely N-dealkylation sites (N-methyl/N-ethyl adjacent to an activating group) is 1. The fourth-order valence-electron chi connectivity index (χ4n) is 3.64. The van der Waals surface area contributed by atoms with Gasteiger partial charge in [-0.1, -0.05) is 0 Å². The number of sulfone groups is 1. The monoisotopic (exact) mass is 318 g/mol. The molecule has 1 N–H and O–H groups in total. The van der Waals surface area contributed by atoms with Crippen molar-refractivity contribution in [3.05, 3.63) is 0 Å². The maximum absolute atomic E-state index is 12.2. The smallest absolute Gasteiger partial charge is 0.326 e. The van der Waals surface area contributed by atoms with Crippen LogP contribution in [0, 0.1) is 0 Å². The summed E-state index contributed by atoms with van der Waals surface area (Å²) in [5.41, 5.74) is -0.614. The molecule has 0 bridgehead atoms. The molecule has 3 unspecified atom stereocenters. The molecule has 0 radical (unpaired) electrons. The second kappa shape index (κ2) is 6.22. The topological polar surface area (TPSA) is 75.7 Å². The van der Waals surface area contributed by atoms with Crippen molar-refractivity contribution in [3.8, 4) is 0 Å². The summed E-state index contributed by atoms with van der Waals surface area (Å²) in [6.45, 7) is 4.72. The summed E-state index contributed by atoms with van der Waals surface area (Å²) < 4.78 is 28.6. The molecule has 1 saturated heterocycles. The van der Waals surface area contributed by atoms with Crippen LogP contribution in [0.5, 0.6) is 0 Å². The van der Waals surface area contributed by atoms with E-state index in [1.54, 1.807) is 7.05 Å². The summed E-state index contributed by atoms with van der Waals surface area (Å²) in [7, 11) is -1.11. The quantitative estimate of drug-likeness (QED) is 0.745. The van der Waals surface area contributed by atoms with Crippen molar-refractivity contribution < 1.29 is 17.9 Å². The summed E-state index contributed by atoms with van der Waals surface area (Å²) in [5, 5.41) is 3.14. The van der Waals surface area contributed by atoms with Crippen LogP contribution in [0.3, 0.4) is 0 Å². The van der Waals surface area contributed by atoms with E-state index in [1.165, 1.54) is 0 Å². The molecule has 3 atom stereocenters. The minimum absolute atomic E-state index is 0.0172. The molecule has 6 nitrogen and oxygen atoms in total. The molecule has 0 aromatic carbocycles. The van der Waals surface area contributed by atoms with Crippen molar-refractivity contribution in [1.82, 2.24) is 10.2 Å². The van der Waals surface area contributed by atoms with Crippen molar-refractivity contribution in [2.45, 2.75) is 50.7 Å². The molecule has 7 heteroatoms. The maximum Gasteiger partial charge on any atom is 0.326 e. The molecule has 2 fully saturated rings. The summed E-state index contributed by atoms with van der Waals surface area (Å²) in [6, 6.07) is 0.260. The van der Waals surface area contributed by atoms with Crippen LogP contribution in [0.2, 0.25) is 0 Å². The van der Waals surface area contributed by atoms with Gasteiger partial charge in [-0.05, 0) is 40.2 Å². The van der Waals surface area contributed by atoms with Gasteiger partial charge >= 0.3 is 5.97 Å². The first-order chi connectivity index (χ1) is 9.83. The zero-order valence-corrected chi connectivity index (χ0v) is 13.9. The summed E-state index contributed by atoms with van der Waals surface area (Å²) in [6.07, 6.45) is 2.32. The number of ether oxygens (including phenoxy) is 1. The number of hydrogen-bond acceptors (Lipinski definition) is 6. The normalized spacial score (nSPS) is 36.5. The second-order valence-electron chi connectivity index (χ2n) is 6.15.